The Labute approximate surface area is 89.8 Å². The molecule has 4 nitrogen and oxygen atoms in total. The molecule has 0 unspecified atom stereocenters. The molecule has 0 spiro atoms. The van der Waals surface area contributed by atoms with Crippen LogP contribution >= 0.6 is 0 Å². The number of rotatable bonds is 2. The van der Waals surface area contributed by atoms with E-state index in [0.717, 1.165) is 24.5 Å². The maximum Gasteiger partial charge on any atom is 0.421 e. The molecule has 0 aromatic heterocycles. The van der Waals surface area contributed by atoms with Gasteiger partial charge in [-0.25, -0.2) is 8.42 Å². The van der Waals surface area contributed by atoms with Crippen molar-refractivity contribution in [3.8, 4) is 5.75 Å². The molecule has 0 heterocycles. The van der Waals surface area contributed by atoms with Gasteiger partial charge in [-0.3, -0.25) is 4.72 Å². The van der Waals surface area contributed by atoms with Crippen LogP contribution in [0.5, 0.6) is 5.75 Å². The van der Waals surface area contributed by atoms with Gasteiger partial charge in [0.15, 0.2) is 0 Å². The number of sulfonamides is 1. The van der Waals surface area contributed by atoms with E-state index < -0.39 is 33.2 Å². The number of nitrogens with one attached hydrogen (secondary N) is 1. The summed E-state index contributed by atoms with van der Waals surface area (Å²) in [6.07, 6.45) is -4.12. The topological polar surface area (TPSA) is 66.4 Å². The summed E-state index contributed by atoms with van der Waals surface area (Å²) >= 11 is 0. The summed E-state index contributed by atoms with van der Waals surface area (Å²) < 4.78 is 60.8. The molecule has 1 aromatic carbocycles. The van der Waals surface area contributed by atoms with Gasteiger partial charge in [-0.15, -0.1) is 0 Å². The number of phenolic OH excluding ortho intramolecular Hbond substituents is 1. The molecule has 2 N–H and O–H groups in total. The molecule has 0 aliphatic heterocycles. The fraction of sp³-hybridized carbons (Fsp3) is 0.250. The van der Waals surface area contributed by atoms with E-state index in [4.69, 9.17) is 5.11 Å². The zero-order chi connectivity index (χ0) is 12.6. The lowest BCUT2D eigenvalue weighted by atomic mass is 10.1. The van der Waals surface area contributed by atoms with Crippen LogP contribution in [0.15, 0.2) is 18.2 Å². The maximum atomic E-state index is 12.5. The van der Waals surface area contributed by atoms with Crippen LogP contribution in [0.4, 0.5) is 18.9 Å². The number of anilines is 1. The standard InChI is InChI=1S/C8H8F3NO3S/c1-16(14,15)12-5-3-2-4-6(13)7(5)8(9,10)11/h2-4,12-13H,1H3. The molecule has 0 saturated heterocycles. The number of alkyl halides is 3. The molecule has 0 aliphatic carbocycles. The average molecular weight is 255 g/mol. The SMILES string of the molecule is CS(=O)(=O)Nc1cccc(O)c1C(F)(F)F. The fourth-order valence-electron chi connectivity index (χ4n) is 1.12. The highest BCUT2D eigenvalue weighted by atomic mass is 32.2. The van der Waals surface area contributed by atoms with Crippen LogP contribution in [0.3, 0.4) is 0 Å². The smallest absolute Gasteiger partial charge is 0.421 e. The molecule has 1 aromatic rings. The minimum atomic E-state index is -4.83. The van der Waals surface area contributed by atoms with Crippen molar-refractivity contribution in [1.29, 1.82) is 0 Å². The average Bonchev–Trinajstić information content (AvgIpc) is 1.97. The predicted octanol–water partition coefficient (Wildman–Crippen LogP) is 1.78. The van der Waals surface area contributed by atoms with Gasteiger partial charge in [0.2, 0.25) is 10.0 Å². The van der Waals surface area contributed by atoms with Crippen LogP contribution in [0, 0.1) is 0 Å². The lowest BCUT2D eigenvalue weighted by molar-refractivity contribution is -0.138. The number of benzene rings is 1. The first-order valence-electron chi connectivity index (χ1n) is 3.98. The molecule has 1 rings (SSSR count). The maximum absolute atomic E-state index is 12.5. The van der Waals surface area contributed by atoms with Crippen molar-refractivity contribution in [2.75, 3.05) is 11.0 Å². The lowest BCUT2D eigenvalue weighted by Crippen LogP contribution is -2.15. The van der Waals surface area contributed by atoms with Gasteiger partial charge in [-0.1, -0.05) is 6.07 Å². The van der Waals surface area contributed by atoms with E-state index in [1.165, 1.54) is 0 Å². The molecule has 0 atom stereocenters. The predicted molar refractivity (Wildman–Crippen MR) is 51.6 cm³/mol. The second-order valence-corrected chi connectivity index (χ2v) is 4.82. The normalized spacial score (nSPS) is 12.5. The first kappa shape index (κ1) is 12.6. The molecule has 16 heavy (non-hydrogen) atoms. The van der Waals surface area contributed by atoms with Crippen LogP contribution in [0.2, 0.25) is 0 Å². The van der Waals surface area contributed by atoms with E-state index in [1.54, 1.807) is 4.72 Å². The molecule has 0 radical (unpaired) electrons. The van der Waals surface area contributed by atoms with Gasteiger partial charge < -0.3 is 5.11 Å². The molecule has 0 amide bonds. The summed E-state index contributed by atoms with van der Waals surface area (Å²) in [5.41, 5.74) is -2.10. The van der Waals surface area contributed by atoms with Crippen molar-refractivity contribution in [1.82, 2.24) is 0 Å². The summed E-state index contributed by atoms with van der Waals surface area (Å²) in [7, 11) is -3.84. The van der Waals surface area contributed by atoms with Crippen molar-refractivity contribution in [2.45, 2.75) is 6.18 Å². The van der Waals surface area contributed by atoms with Gasteiger partial charge in [-0.2, -0.15) is 13.2 Å². The van der Waals surface area contributed by atoms with E-state index in [0.29, 0.717) is 0 Å². The van der Waals surface area contributed by atoms with Crippen LogP contribution in [-0.4, -0.2) is 19.8 Å². The quantitative estimate of drug-likeness (QED) is 0.846. The molecule has 0 saturated carbocycles. The lowest BCUT2D eigenvalue weighted by Gasteiger charge is -2.14. The number of hydrogen-bond donors (Lipinski definition) is 2. The van der Waals surface area contributed by atoms with Crippen molar-refractivity contribution < 1.29 is 26.7 Å². The van der Waals surface area contributed by atoms with Crippen LogP contribution in [0.25, 0.3) is 0 Å². The third kappa shape index (κ3) is 3.02. The second-order valence-electron chi connectivity index (χ2n) is 3.07. The zero-order valence-electron chi connectivity index (χ0n) is 8.04. The van der Waals surface area contributed by atoms with E-state index in [-0.39, 0.29) is 0 Å². The largest absolute Gasteiger partial charge is 0.507 e. The van der Waals surface area contributed by atoms with E-state index in [9.17, 15) is 21.6 Å². The van der Waals surface area contributed by atoms with Gasteiger partial charge in [0.25, 0.3) is 0 Å². The van der Waals surface area contributed by atoms with E-state index in [1.807, 2.05) is 0 Å². The summed E-state index contributed by atoms with van der Waals surface area (Å²) in [6, 6.07) is 2.86. The monoisotopic (exact) mass is 255 g/mol. The number of phenols is 1. The Balaban J connectivity index is 3.35. The number of aromatic hydroxyl groups is 1. The number of hydrogen-bond acceptors (Lipinski definition) is 3. The van der Waals surface area contributed by atoms with Crippen LogP contribution in [-0.2, 0) is 16.2 Å². The Bertz CT molecular complexity index is 496. The summed E-state index contributed by atoms with van der Waals surface area (Å²) in [5.74, 6) is -1.03. The van der Waals surface area contributed by atoms with E-state index >= 15 is 0 Å². The summed E-state index contributed by atoms with van der Waals surface area (Å²) in [5, 5.41) is 9.07. The molecular weight excluding hydrogens is 247 g/mol. The third-order valence-corrected chi connectivity index (χ3v) is 2.21. The highest BCUT2D eigenvalue weighted by Gasteiger charge is 2.37. The Morgan fingerprint density at radius 1 is 1.31 bits per heavy atom. The van der Waals surface area contributed by atoms with Crippen molar-refractivity contribution in [3.63, 3.8) is 0 Å². The van der Waals surface area contributed by atoms with Crippen LogP contribution < -0.4 is 4.72 Å². The Hall–Kier alpha value is -1.44. The molecule has 0 aliphatic rings. The molecule has 0 bridgehead atoms. The van der Waals surface area contributed by atoms with Gasteiger partial charge in [-0.05, 0) is 12.1 Å². The molecular formula is C8H8F3NO3S. The van der Waals surface area contributed by atoms with Gasteiger partial charge >= 0.3 is 6.18 Å². The van der Waals surface area contributed by atoms with Crippen molar-refractivity contribution in [2.24, 2.45) is 0 Å². The van der Waals surface area contributed by atoms with E-state index in [2.05, 4.69) is 0 Å². The molecule has 8 heteroatoms. The molecule has 0 fully saturated rings. The Morgan fingerprint density at radius 3 is 2.31 bits per heavy atom. The minimum Gasteiger partial charge on any atom is -0.507 e. The summed E-state index contributed by atoms with van der Waals surface area (Å²) in [6.45, 7) is 0. The second kappa shape index (κ2) is 3.85. The zero-order valence-corrected chi connectivity index (χ0v) is 8.85. The van der Waals surface area contributed by atoms with Gasteiger partial charge in [0.05, 0.1) is 11.9 Å². The van der Waals surface area contributed by atoms with Crippen LogP contribution in [0.1, 0.15) is 5.56 Å². The highest BCUT2D eigenvalue weighted by molar-refractivity contribution is 7.92. The summed E-state index contributed by atoms with van der Waals surface area (Å²) in [4.78, 5) is 0. The molecule has 90 valence electrons. The van der Waals surface area contributed by atoms with Gasteiger partial charge in [0, 0.05) is 0 Å². The first-order valence-corrected chi connectivity index (χ1v) is 5.87. The number of halogens is 3. The third-order valence-electron chi connectivity index (χ3n) is 1.62. The van der Waals surface area contributed by atoms with Gasteiger partial charge in [0.1, 0.15) is 11.3 Å². The highest BCUT2D eigenvalue weighted by Crippen LogP contribution is 2.40. The Kier molecular flexibility index (Phi) is 3.04. The Morgan fingerprint density at radius 2 is 1.88 bits per heavy atom. The fourth-order valence-corrected chi connectivity index (χ4v) is 1.69. The minimum absolute atomic E-state index is 0.699. The van der Waals surface area contributed by atoms with Crippen molar-refractivity contribution >= 4 is 15.7 Å². The van der Waals surface area contributed by atoms with Crippen molar-refractivity contribution in [3.05, 3.63) is 23.8 Å². The first-order chi connectivity index (χ1) is 7.11.